The van der Waals surface area contributed by atoms with Crippen LogP contribution < -0.4 is 5.73 Å². The number of hydrogen-bond donors (Lipinski definition) is 1. The van der Waals surface area contributed by atoms with E-state index in [-0.39, 0.29) is 5.82 Å². The minimum atomic E-state index is -0.225. The number of rotatable bonds is 4. The van der Waals surface area contributed by atoms with E-state index in [1.54, 1.807) is 12.1 Å². The summed E-state index contributed by atoms with van der Waals surface area (Å²) in [6.07, 6.45) is 4.44. The highest BCUT2D eigenvalue weighted by Crippen LogP contribution is 2.38. The molecule has 0 bridgehead atoms. The van der Waals surface area contributed by atoms with Crippen molar-refractivity contribution < 1.29 is 4.39 Å². The number of aromatic nitrogens is 2. The van der Waals surface area contributed by atoms with Gasteiger partial charge in [0.15, 0.2) is 0 Å². The van der Waals surface area contributed by atoms with Crippen LogP contribution in [0.2, 0.25) is 0 Å². The Hall–Kier alpha value is -1.68. The molecule has 3 nitrogen and oxygen atoms in total. The molecule has 1 saturated carbocycles. The number of benzene rings is 1. The van der Waals surface area contributed by atoms with Crippen molar-refractivity contribution in [1.82, 2.24) is 9.78 Å². The molecule has 18 heavy (non-hydrogen) atoms. The average molecular weight is 245 g/mol. The van der Waals surface area contributed by atoms with Crippen molar-refractivity contribution in [2.75, 3.05) is 0 Å². The van der Waals surface area contributed by atoms with E-state index in [1.807, 2.05) is 10.9 Å². The second kappa shape index (κ2) is 4.53. The van der Waals surface area contributed by atoms with E-state index < -0.39 is 0 Å². The van der Waals surface area contributed by atoms with E-state index in [1.165, 1.54) is 18.9 Å². The third-order valence-corrected chi connectivity index (χ3v) is 3.38. The molecule has 1 aromatic carbocycles. The summed E-state index contributed by atoms with van der Waals surface area (Å²) in [5.41, 5.74) is 8.70. The van der Waals surface area contributed by atoms with Crippen LogP contribution in [0.25, 0.3) is 0 Å². The minimum absolute atomic E-state index is 0.225. The van der Waals surface area contributed by atoms with Gasteiger partial charge < -0.3 is 5.73 Å². The normalized spacial score (nSPS) is 15.0. The van der Waals surface area contributed by atoms with E-state index in [2.05, 4.69) is 11.2 Å². The Labute approximate surface area is 105 Å². The maximum Gasteiger partial charge on any atom is 0.123 e. The highest BCUT2D eigenvalue weighted by atomic mass is 19.1. The predicted molar refractivity (Wildman–Crippen MR) is 67.6 cm³/mol. The lowest BCUT2D eigenvalue weighted by Gasteiger charge is -2.08. The van der Waals surface area contributed by atoms with Crippen molar-refractivity contribution >= 4 is 0 Å². The highest BCUT2D eigenvalue weighted by molar-refractivity contribution is 5.28. The van der Waals surface area contributed by atoms with Gasteiger partial charge in [0.1, 0.15) is 5.82 Å². The van der Waals surface area contributed by atoms with Gasteiger partial charge in [-0.2, -0.15) is 5.10 Å². The summed E-state index contributed by atoms with van der Waals surface area (Å²) in [5, 5.41) is 4.53. The lowest BCUT2D eigenvalue weighted by atomic mass is 10.1. The number of hydrogen-bond acceptors (Lipinski definition) is 2. The van der Waals surface area contributed by atoms with Crippen molar-refractivity contribution in [3.63, 3.8) is 0 Å². The summed E-state index contributed by atoms with van der Waals surface area (Å²) in [7, 11) is 0. The Kier molecular flexibility index (Phi) is 2.88. The molecule has 94 valence electrons. The monoisotopic (exact) mass is 245 g/mol. The summed E-state index contributed by atoms with van der Waals surface area (Å²) in [4.78, 5) is 0. The average Bonchev–Trinajstić information content (AvgIpc) is 3.11. The Bertz CT molecular complexity index is 558. The maximum absolute atomic E-state index is 13.3. The molecule has 2 N–H and O–H groups in total. The van der Waals surface area contributed by atoms with E-state index in [0.29, 0.717) is 19.0 Å². The first-order chi connectivity index (χ1) is 8.76. The van der Waals surface area contributed by atoms with Crippen molar-refractivity contribution in [2.24, 2.45) is 5.73 Å². The third-order valence-electron chi connectivity index (χ3n) is 3.38. The first kappa shape index (κ1) is 11.4. The van der Waals surface area contributed by atoms with Gasteiger partial charge in [-0.1, -0.05) is 6.07 Å². The summed E-state index contributed by atoms with van der Waals surface area (Å²) in [6, 6.07) is 6.79. The predicted octanol–water partition coefficient (Wildman–Crippen LogP) is 2.41. The lowest BCUT2D eigenvalue weighted by molar-refractivity contribution is 0.615. The molecule has 0 amide bonds. The van der Waals surface area contributed by atoms with Crippen molar-refractivity contribution in [2.45, 2.75) is 31.8 Å². The van der Waals surface area contributed by atoms with Crippen LogP contribution in [-0.4, -0.2) is 9.78 Å². The third kappa shape index (κ3) is 2.29. The Morgan fingerprint density at radius 3 is 2.83 bits per heavy atom. The van der Waals surface area contributed by atoms with E-state index in [0.717, 1.165) is 16.8 Å². The van der Waals surface area contributed by atoms with Gasteiger partial charge in [-0.3, -0.25) is 4.68 Å². The number of nitrogens with zero attached hydrogens (tertiary/aromatic N) is 2. The molecule has 1 aliphatic rings. The molecule has 0 saturated heterocycles. The van der Waals surface area contributed by atoms with Gasteiger partial charge in [0.25, 0.3) is 0 Å². The van der Waals surface area contributed by atoms with Gasteiger partial charge in [-0.15, -0.1) is 0 Å². The molecule has 4 heteroatoms. The topological polar surface area (TPSA) is 43.8 Å². The fourth-order valence-electron chi connectivity index (χ4n) is 2.18. The van der Waals surface area contributed by atoms with E-state index in [4.69, 9.17) is 5.73 Å². The molecule has 0 radical (unpaired) electrons. The summed E-state index contributed by atoms with van der Waals surface area (Å²) >= 11 is 0. The molecule has 1 aromatic heterocycles. The van der Waals surface area contributed by atoms with Gasteiger partial charge in [0.05, 0.1) is 12.2 Å². The first-order valence-corrected chi connectivity index (χ1v) is 6.27. The van der Waals surface area contributed by atoms with Crippen LogP contribution in [0.1, 0.15) is 35.6 Å². The minimum Gasteiger partial charge on any atom is -0.326 e. The van der Waals surface area contributed by atoms with Crippen molar-refractivity contribution in [1.29, 1.82) is 0 Å². The lowest BCUT2D eigenvalue weighted by Crippen LogP contribution is -2.07. The molecular weight excluding hydrogens is 229 g/mol. The molecule has 1 fully saturated rings. The fourth-order valence-corrected chi connectivity index (χ4v) is 2.18. The molecule has 2 aromatic rings. The van der Waals surface area contributed by atoms with Gasteiger partial charge in [0, 0.05) is 18.7 Å². The molecule has 0 aliphatic heterocycles. The standard InChI is InChI=1S/C14H16FN3/c15-13-4-3-11(8-16)12(7-13)9-18-6-5-14(17-18)10-1-2-10/h3-7,10H,1-2,8-9,16H2. The molecule has 0 atom stereocenters. The smallest absolute Gasteiger partial charge is 0.123 e. The molecule has 3 rings (SSSR count). The van der Waals surface area contributed by atoms with Gasteiger partial charge in [0.2, 0.25) is 0 Å². The Morgan fingerprint density at radius 2 is 2.11 bits per heavy atom. The molecule has 1 aliphatic carbocycles. The Morgan fingerprint density at radius 1 is 1.28 bits per heavy atom. The fraction of sp³-hybridized carbons (Fsp3) is 0.357. The summed E-state index contributed by atoms with van der Waals surface area (Å²) in [6.45, 7) is 1.00. The summed E-state index contributed by atoms with van der Waals surface area (Å²) < 4.78 is 15.1. The van der Waals surface area contributed by atoms with Gasteiger partial charge >= 0.3 is 0 Å². The molecular formula is C14H16FN3. The van der Waals surface area contributed by atoms with Crippen LogP contribution in [0, 0.1) is 5.82 Å². The van der Waals surface area contributed by atoms with Crippen LogP contribution >= 0.6 is 0 Å². The second-order valence-electron chi connectivity index (χ2n) is 4.83. The number of nitrogens with two attached hydrogens (primary N) is 1. The second-order valence-corrected chi connectivity index (χ2v) is 4.83. The zero-order chi connectivity index (χ0) is 12.5. The van der Waals surface area contributed by atoms with Crippen LogP contribution in [0.15, 0.2) is 30.5 Å². The van der Waals surface area contributed by atoms with Crippen LogP contribution in [0.4, 0.5) is 4.39 Å². The quantitative estimate of drug-likeness (QED) is 0.899. The molecule has 0 spiro atoms. The van der Waals surface area contributed by atoms with Crippen LogP contribution in [0.3, 0.4) is 0 Å². The van der Waals surface area contributed by atoms with Crippen molar-refractivity contribution in [3.05, 3.63) is 53.1 Å². The summed E-state index contributed by atoms with van der Waals surface area (Å²) in [5.74, 6) is 0.421. The largest absolute Gasteiger partial charge is 0.326 e. The number of halogens is 1. The van der Waals surface area contributed by atoms with E-state index >= 15 is 0 Å². The first-order valence-electron chi connectivity index (χ1n) is 6.27. The SMILES string of the molecule is NCc1ccc(F)cc1Cn1ccc(C2CC2)n1. The molecule has 0 unspecified atom stereocenters. The maximum atomic E-state index is 13.3. The van der Waals surface area contributed by atoms with Gasteiger partial charge in [-0.05, 0) is 42.2 Å². The van der Waals surface area contributed by atoms with Gasteiger partial charge in [-0.25, -0.2) is 4.39 Å². The van der Waals surface area contributed by atoms with Crippen molar-refractivity contribution in [3.8, 4) is 0 Å². The van der Waals surface area contributed by atoms with Crippen LogP contribution in [0.5, 0.6) is 0 Å². The molecule has 1 heterocycles. The highest BCUT2D eigenvalue weighted by Gasteiger charge is 2.25. The van der Waals surface area contributed by atoms with E-state index in [9.17, 15) is 4.39 Å². The zero-order valence-electron chi connectivity index (χ0n) is 10.1. The van der Waals surface area contributed by atoms with Crippen LogP contribution in [-0.2, 0) is 13.1 Å². The zero-order valence-corrected chi connectivity index (χ0v) is 10.1. The Balaban J connectivity index is 1.83.